The van der Waals surface area contributed by atoms with Crippen LogP contribution in [-0.4, -0.2) is 27.9 Å². The Morgan fingerprint density at radius 2 is 2.03 bits per heavy atom. The summed E-state index contributed by atoms with van der Waals surface area (Å²) in [4.78, 5) is 40.0. The van der Waals surface area contributed by atoms with Crippen LogP contribution in [0.4, 0.5) is 10.5 Å². The molecule has 2 aromatic rings. The summed E-state index contributed by atoms with van der Waals surface area (Å²) in [5, 5.41) is 9.24. The number of carbonyl (C=O) groups is 2. The first-order valence-electron chi connectivity index (χ1n) is 8.87. The number of aromatic nitrogens is 2. The Hall–Kier alpha value is -2.82. The second kappa shape index (κ2) is 8.50. The van der Waals surface area contributed by atoms with Gasteiger partial charge in [0.2, 0.25) is 5.88 Å². The molecule has 2 heterocycles. The van der Waals surface area contributed by atoms with Gasteiger partial charge in [0.25, 0.3) is 11.5 Å². The molecule has 30 heavy (non-hydrogen) atoms. The molecular formula is C18H19Cl2N5O5. The minimum absolute atomic E-state index is 0.0343. The summed E-state index contributed by atoms with van der Waals surface area (Å²) in [5.74, 6) is -0.333. The van der Waals surface area contributed by atoms with E-state index in [1.54, 1.807) is 13.0 Å². The molecule has 1 aromatic heterocycles. The van der Waals surface area contributed by atoms with Crippen LogP contribution in [-0.2, 0) is 16.7 Å². The largest absolute Gasteiger partial charge is 0.434 e. The van der Waals surface area contributed by atoms with Gasteiger partial charge in [-0.1, -0.05) is 37.0 Å². The van der Waals surface area contributed by atoms with Crippen LogP contribution < -0.4 is 26.4 Å². The van der Waals surface area contributed by atoms with Crippen molar-refractivity contribution in [1.82, 2.24) is 20.6 Å². The summed E-state index contributed by atoms with van der Waals surface area (Å²) in [6.45, 7) is 5.43. The Morgan fingerprint density at radius 3 is 2.63 bits per heavy atom. The van der Waals surface area contributed by atoms with E-state index < -0.39 is 18.2 Å². The number of rotatable bonds is 5. The summed E-state index contributed by atoms with van der Waals surface area (Å²) < 4.78 is 6.96. The van der Waals surface area contributed by atoms with Crippen molar-refractivity contribution in [2.75, 3.05) is 5.32 Å². The maximum absolute atomic E-state index is 12.3. The Kier molecular flexibility index (Phi) is 6.20. The van der Waals surface area contributed by atoms with Crippen molar-refractivity contribution in [3.8, 4) is 11.6 Å². The normalized spacial score (nSPS) is 15.7. The van der Waals surface area contributed by atoms with Gasteiger partial charge < -0.3 is 14.9 Å². The molecule has 1 unspecified atom stereocenters. The summed E-state index contributed by atoms with van der Waals surface area (Å²) in [7, 11) is 1.52. The highest BCUT2D eigenvalue weighted by molar-refractivity contribution is 6.38. The maximum atomic E-state index is 12.3. The predicted octanol–water partition coefficient (Wildman–Crippen LogP) is 2.82. The lowest BCUT2D eigenvalue weighted by Gasteiger charge is -2.17. The highest BCUT2D eigenvalue weighted by atomic mass is 35.5. The molecule has 12 heteroatoms. The maximum Gasteiger partial charge on any atom is 0.427 e. The van der Waals surface area contributed by atoms with Crippen molar-refractivity contribution in [2.45, 2.75) is 32.9 Å². The third kappa shape index (κ3) is 4.35. The number of carbonyl (C=O) groups excluding carboxylic acids is 2. The van der Waals surface area contributed by atoms with E-state index >= 15 is 0 Å². The number of nitrogens with one attached hydrogen (secondary N) is 3. The number of hydrogen-bond donors (Lipinski definition) is 3. The molecule has 0 aliphatic carbocycles. The third-order valence-corrected chi connectivity index (χ3v) is 5.11. The Bertz CT molecular complexity index is 1090. The van der Waals surface area contributed by atoms with E-state index in [0.717, 1.165) is 0 Å². The van der Waals surface area contributed by atoms with Gasteiger partial charge in [-0.15, -0.1) is 10.6 Å². The van der Waals surface area contributed by atoms with Crippen LogP contribution in [0.15, 0.2) is 16.9 Å². The van der Waals surface area contributed by atoms with Crippen LogP contribution in [0.25, 0.3) is 0 Å². The molecule has 160 valence electrons. The number of benzene rings is 1. The SMILES string of the molecule is Cc1c(NC(=O)C2NOC(=O)N2)cc(Cl)c(Oc2cc(C(C)C)c(=O)n(C)n2)c1Cl. The fourth-order valence-corrected chi connectivity index (χ4v) is 3.23. The van der Waals surface area contributed by atoms with Crippen LogP contribution in [0.5, 0.6) is 11.6 Å². The van der Waals surface area contributed by atoms with Crippen LogP contribution in [0.2, 0.25) is 10.0 Å². The first-order valence-corrected chi connectivity index (χ1v) is 9.62. The zero-order valence-electron chi connectivity index (χ0n) is 16.5. The highest BCUT2D eigenvalue weighted by Crippen LogP contribution is 2.41. The lowest BCUT2D eigenvalue weighted by Crippen LogP contribution is -2.43. The van der Waals surface area contributed by atoms with E-state index in [4.69, 9.17) is 27.9 Å². The van der Waals surface area contributed by atoms with Crippen LogP contribution >= 0.6 is 23.2 Å². The monoisotopic (exact) mass is 455 g/mol. The quantitative estimate of drug-likeness (QED) is 0.632. The fraction of sp³-hybridized carbons (Fsp3) is 0.333. The Morgan fingerprint density at radius 1 is 1.33 bits per heavy atom. The first-order chi connectivity index (χ1) is 14.1. The molecule has 1 aliphatic heterocycles. The lowest BCUT2D eigenvalue weighted by molar-refractivity contribution is -0.119. The molecule has 1 fully saturated rings. The number of halogens is 2. The minimum atomic E-state index is -1.06. The van der Waals surface area contributed by atoms with E-state index in [1.165, 1.54) is 17.8 Å². The van der Waals surface area contributed by atoms with E-state index in [-0.39, 0.29) is 33.2 Å². The Balaban J connectivity index is 1.89. The van der Waals surface area contributed by atoms with Gasteiger partial charge in [0.15, 0.2) is 11.9 Å². The summed E-state index contributed by atoms with van der Waals surface area (Å²) in [6, 6.07) is 3.00. The molecular weight excluding hydrogens is 437 g/mol. The Labute approximate surface area is 181 Å². The third-order valence-electron chi connectivity index (χ3n) is 4.37. The van der Waals surface area contributed by atoms with Crippen LogP contribution in [0.1, 0.15) is 30.9 Å². The van der Waals surface area contributed by atoms with Gasteiger partial charge >= 0.3 is 6.09 Å². The van der Waals surface area contributed by atoms with Crippen molar-refractivity contribution in [3.05, 3.63) is 43.7 Å². The molecule has 10 nitrogen and oxygen atoms in total. The molecule has 0 bridgehead atoms. The van der Waals surface area contributed by atoms with E-state index in [0.29, 0.717) is 16.8 Å². The number of amides is 2. The van der Waals surface area contributed by atoms with E-state index in [1.807, 2.05) is 13.8 Å². The lowest BCUT2D eigenvalue weighted by atomic mass is 10.1. The van der Waals surface area contributed by atoms with Crippen molar-refractivity contribution >= 4 is 40.9 Å². The van der Waals surface area contributed by atoms with Crippen molar-refractivity contribution in [2.24, 2.45) is 7.05 Å². The van der Waals surface area contributed by atoms with Gasteiger partial charge in [0, 0.05) is 24.4 Å². The fourth-order valence-electron chi connectivity index (χ4n) is 2.70. The molecule has 1 aliphatic rings. The smallest absolute Gasteiger partial charge is 0.427 e. The number of nitrogens with zero attached hydrogens (tertiary/aromatic N) is 2. The number of aryl methyl sites for hydroxylation is 1. The molecule has 1 saturated heterocycles. The van der Waals surface area contributed by atoms with Gasteiger partial charge in [0.05, 0.1) is 10.0 Å². The van der Waals surface area contributed by atoms with Crippen LogP contribution in [0.3, 0.4) is 0 Å². The average molecular weight is 456 g/mol. The minimum Gasteiger partial charge on any atom is -0.434 e. The first kappa shape index (κ1) is 21.9. The van der Waals surface area contributed by atoms with Crippen molar-refractivity contribution in [1.29, 1.82) is 0 Å². The van der Waals surface area contributed by atoms with E-state index in [9.17, 15) is 14.4 Å². The number of hydroxylamine groups is 1. The van der Waals surface area contributed by atoms with Crippen LogP contribution in [0, 0.1) is 6.92 Å². The predicted molar refractivity (Wildman–Crippen MR) is 110 cm³/mol. The molecule has 0 radical (unpaired) electrons. The molecule has 0 saturated carbocycles. The molecule has 1 atom stereocenters. The van der Waals surface area contributed by atoms with Gasteiger partial charge in [-0.25, -0.2) is 9.48 Å². The molecule has 3 N–H and O–H groups in total. The van der Waals surface area contributed by atoms with E-state index in [2.05, 4.69) is 26.0 Å². The zero-order chi connectivity index (χ0) is 22.2. The zero-order valence-corrected chi connectivity index (χ0v) is 18.0. The molecule has 2 amide bonds. The number of ether oxygens (including phenoxy) is 1. The number of hydrogen-bond acceptors (Lipinski definition) is 7. The summed E-state index contributed by atoms with van der Waals surface area (Å²) in [5.41, 5.74) is 3.35. The van der Waals surface area contributed by atoms with Gasteiger partial charge in [-0.3, -0.25) is 14.9 Å². The number of anilines is 1. The van der Waals surface area contributed by atoms with Gasteiger partial charge in [-0.05, 0) is 24.5 Å². The second-order valence-corrected chi connectivity index (χ2v) is 7.66. The topological polar surface area (TPSA) is 124 Å². The van der Waals surface area contributed by atoms with Gasteiger partial charge in [-0.2, -0.15) is 0 Å². The molecule has 1 aromatic carbocycles. The summed E-state index contributed by atoms with van der Waals surface area (Å²) in [6.07, 6.45) is -1.83. The summed E-state index contributed by atoms with van der Waals surface area (Å²) >= 11 is 12.8. The average Bonchev–Trinajstić information content (AvgIpc) is 3.12. The van der Waals surface area contributed by atoms with Gasteiger partial charge in [0.1, 0.15) is 0 Å². The second-order valence-electron chi connectivity index (χ2n) is 6.87. The molecule has 0 spiro atoms. The van der Waals surface area contributed by atoms with Crippen molar-refractivity contribution < 1.29 is 19.2 Å². The highest BCUT2D eigenvalue weighted by Gasteiger charge is 2.29. The standard InChI is InChI=1S/C18H19Cl2N5O5/c1-7(2)9-5-12(23-25(4)17(9)27)29-14-10(19)6-11(8(3)13(14)20)21-16(26)15-22-18(28)30-24-15/h5-7,15,24H,1-4H3,(H,21,26)(H,22,28). The molecule has 3 rings (SSSR count). The van der Waals surface area contributed by atoms with Crippen molar-refractivity contribution in [3.63, 3.8) is 0 Å².